The Kier molecular flexibility index (Phi) is 9.73. The van der Waals surface area contributed by atoms with Gasteiger partial charge in [0.05, 0.1) is 43.6 Å². The Hall–Kier alpha value is -3.97. The molecule has 13 heteroatoms. The number of halogens is 2. The number of carbonyl (C=O) groups excluding carboxylic acids is 1. The summed E-state index contributed by atoms with van der Waals surface area (Å²) in [5.74, 6) is -4.69. The van der Waals surface area contributed by atoms with E-state index in [1.165, 1.54) is 31.6 Å². The fourth-order valence-corrected chi connectivity index (χ4v) is 7.49. The minimum atomic E-state index is -1.00. The fourth-order valence-electron chi connectivity index (χ4n) is 5.31. The summed E-state index contributed by atoms with van der Waals surface area (Å²) < 4.78 is 54.5. The topological polar surface area (TPSA) is 129 Å². The molecule has 2 N–H and O–H groups in total. The quantitative estimate of drug-likeness (QED) is 0.0966. The summed E-state index contributed by atoms with van der Waals surface area (Å²) in [5, 5.41) is 19.2. The van der Waals surface area contributed by atoms with Gasteiger partial charge in [0, 0.05) is 49.5 Å². The van der Waals surface area contributed by atoms with Gasteiger partial charge in [-0.05, 0) is 51.7 Å². The van der Waals surface area contributed by atoms with Crippen molar-refractivity contribution in [2.45, 2.75) is 46.0 Å². The highest BCUT2D eigenvalue weighted by molar-refractivity contribution is 7.21. The van der Waals surface area contributed by atoms with Gasteiger partial charge in [0.15, 0.2) is 40.4 Å². The predicted molar refractivity (Wildman–Crippen MR) is 170 cm³/mol. The summed E-state index contributed by atoms with van der Waals surface area (Å²) in [6.07, 6.45) is 2.06. The Morgan fingerprint density at radius 3 is 1.89 bits per heavy atom. The van der Waals surface area contributed by atoms with Crippen molar-refractivity contribution in [2.24, 2.45) is 17.3 Å². The standard InChI is InChI=1S/C33H34F2O9S2/c1-33(2,32(39)40)9-8-16-12-19-23(45-16)14-21(41-3)29(26(19)34)43-10-5-11-44-30-22(42-4)15-24-20(27(30)35)13-25(46-24)28(36)17-6-7-18(17)31(37)38/h12-15,17-18H,5-11H2,1-4H3,(H,37,38)(H,39,40)/t17-,18-/m0/s1. The van der Waals surface area contributed by atoms with Crippen molar-refractivity contribution >= 4 is 60.6 Å². The maximum absolute atomic E-state index is 15.6. The molecule has 0 spiro atoms. The minimum Gasteiger partial charge on any atom is -0.493 e. The molecule has 0 unspecified atom stereocenters. The Labute approximate surface area is 271 Å². The number of benzene rings is 2. The van der Waals surface area contributed by atoms with Gasteiger partial charge in [-0.25, -0.2) is 8.78 Å². The summed E-state index contributed by atoms with van der Waals surface area (Å²) in [5.41, 5.74) is -0.907. The number of aryl methyl sites for hydroxylation is 1. The number of methoxy groups -OCH3 is 2. The van der Waals surface area contributed by atoms with Crippen LogP contribution in [0.2, 0.25) is 0 Å². The average Bonchev–Trinajstić information content (AvgIpc) is 3.61. The van der Waals surface area contributed by atoms with Crippen molar-refractivity contribution in [2.75, 3.05) is 27.4 Å². The zero-order valence-corrected chi connectivity index (χ0v) is 27.4. The van der Waals surface area contributed by atoms with Crippen LogP contribution in [0.5, 0.6) is 23.0 Å². The van der Waals surface area contributed by atoms with E-state index >= 15 is 8.78 Å². The number of hydrogen-bond donors (Lipinski definition) is 2. The Bertz CT molecular complexity index is 1810. The van der Waals surface area contributed by atoms with Gasteiger partial charge in [-0.3, -0.25) is 14.4 Å². The number of ether oxygens (including phenoxy) is 4. The largest absolute Gasteiger partial charge is 0.493 e. The molecule has 9 nitrogen and oxygen atoms in total. The van der Waals surface area contributed by atoms with Crippen molar-refractivity contribution in [1.29, 1.82) is 0 Å². The number of ketones is 1. The third kappa shape index (κ3) is 6.48. The molecule has 0 amide bonds. The second kappa shape index (κ2) is 13.4. The van der Waals surface area contributed by atoms with Gasteiger partial charge in [-0.2, -0.15) is 0 Å². The van der Waals surface area contributed by atoms with Crippen molar-refractivity contribution < 1.29 is 52.3 Å². The number of hydrogen-bond acceptors (Lipinski definition) is 9. The van der Waals surface area contributed by atoms with Crippen molar-refractivity contribution in [3.8, 4) is 23.0 Å². The summed E-state index contributed by atoms with van der Waals surface area (Å²) in [4.78, 5) is 36.9. The van der Waals surface area contributed by atoms with Crippen LogP contribution in [0.3, 0.4) is 0 Å². The summed E-state index contributed by atoms with van der Waals surface area (Å²) >= 11 is 2.45. The molecule has 0 aliphatic heterocycles. The van der Waals surface area contributed by atoms with E-state index in [0.29, 0.717) is 40.5 Å². The molecule has 2 heterocycles. The van der Waals surface area contributed by atoms with Crippen LogP contribution in [0, 0.1) is 28.9 Å². The lowest BCUT2D eigenvalue weighted by molar-refractivity contribution is -0.147. The first kappa shape index (κ1) is 33.4. The van der Waals surface area contributed by atoms with Gasteiger partial charge in [0.1, 0.15) is 0 Å². The monoisotopic (exact) mass is 676 g/mol. The zero-order valence-electron chi connectivity index (χ0n) is 25.7. The van der Waals surface area contributed by atoms with Crippen LogP contribution in [-0.4, -0.2) is 55.4 Å². The molecule has 4 aromatic rings. The number of carboxylic acids is 2. The molecule has 246 valence electrons. The summed E-state index contributed by atoms with van der Waals surface area (Å²) in [6.45, 7) is 3.34. The van der Waals surface area contributed by atoms with Crippen molar-refractivity contribution in [1.82, 2.24) is 0 Å². The maximum Gasteiger partial charge on any atom is 0.309 e. The number of carbonyl (C=O) groups is 3. The molecule has 1 saturated carbocycles. The normalized spacial score (nSPS) is 16.3. The van der Waals surface area contributed by atoms with E-state index in [-0.39, 0.29) is 58.7 Å². The summed E-state index contributed by atoms with van der Waals surface area (Å²) in [7, 11) is 2.78. The Morgan fingerprint density at radius 2 is 1.39 bits per heavy atom. The number of Topliss-reactive ketones (excluding diaryl/α,β-unsaturated/α-hetero) is 1. The second-order valence-electron chi connectivity index (χ2n) is 11.8. The van der Waals surface area contributed by atoms with E-state index < -0.39 is 40.8 Å². The van der Waals surface area contributed by atoms with Gasteiger partial charge >= 0.3 is 11.9 Å². The van der Waals surface area contributed by atoms with E-state index in [1.54, 1.807) is 32.0 Å². The number of thiophene rings is 2. The average molecular weight is 677 g/mol. The molecule has 2 atom stereocenters. The van der Waals surface area contributed by atoms with Crippen LogP contribution in [0.25, 0.3) is 20.2 Å². The van der Waals surface area contributed by atoms with Gasteiger partial charge < -0.3 is 29.2 Å². The van der Waals surface area contributed by atoms with E-state index in [1.807, 2.05) is 0 Å². The van der Waals surface area contributed by atoms with Crippen molar-refractivity contribution in [3.63, 3.8) is 0 Å². The first-order chi connectivity index (χ1) is 21.9. The predicted octanol–water partition coefficient (Wildman–Crippen LogP) is 7.60. The molecule has 5 rings (SSSR count). The van der Waals surface area contributed by atoms with Crippen LogP contribution >= 0.6 is 22.7 Å². The van der Waals surface area contributed by atoms with Crippen LogP contribution in [0.15, 0.2) is 24.3 Å². The summed E-state index contributed by atoms with van der Waals surface area (Å²) in [6, 6.07) is 6.39. The van der Waals surface area contributed by atoms with E-state index in [2.05, 4.69) is 0 Å². The molecule has 0 radical (unpaired) electrons. The van der Waals surface area contributed by atoms with Crippen molar-refractivity contribution in [3.05, 3.63) is 45.7 Å². The molecule has 1 fully saturated rings. The molecule has 2 aromatic heterocycles. The molecular formula is C33H34F2O9S2. The molecular weight excluding hydrogens is 642 g/mol. The number of aliphatic carboxylic acids is 2. The van der Waals surface area contributed by atoms with E-state index in [9.17, 15) is 24.6 Å². The van der Waals surface area contributed by atoms with Crippen LogP contribution < -0.4 is 18.9 Å². The van der Waals surface area contributed by atoms with Gasteiger partial charge in [0.25, 0.3) is 0 Å². The lowest BCUT2D eigenvalue weighted by Crippen LogP contribution is -2.37. The van der Waals surface area contributed by atoms with Gasteiger partial charge in [0.2, 0.25) is 0 Å². The molecule has 1 aliphatic carbocycles. The van der Waals surface area contributed by atoms with Gasteiger partial charge in [-0.1, -0.05) is 0 Å². The van der Waals surface area contributed by atoms with E-state index in [4.69, 9.17) is 18.9 Å². The number of carboxylic acid groups (broad SMARTS) is 2. The lowest BCUT2D eigenvalue weighted by Gasteiger charge is -2.31. The highest BCUT2D eigenvalue weighted by Crippen LogP contribution is 2.44. The first-order valence-corrected chi connectivity index (χ1v) is 16.3. The van der Waals surface area contributed by atoms with Crippen LogP contribution in [0.1, 0.15) is 54.1 Å². The molecule has 2 aromatic carbocycles. The molecule has 0 bridgehead atoms. The van der Waals surface area contributed by atoms with Gasteiger partial charge in [-0.15, -0.1) is 22.7 Å². The van der Waals surface area contributed by atoms with Crippen LogP contribution in [-0.2, 0) is 16.0 Å². The maximum atomic E-state index is 15.6. The molecule has 1 aliphatic rings. The first-order valence-electron chi connectivity index (χ1n) is 14.7. The highest BCUT2D eigenvalue weighted by Gasteiger charge is 2.42. The Morgan fingerprint density at radius 1 is 0.848 bits per heavy atom. The highest BCUT2D eigenvalue weighted by atomic mass is 32.1. The third-order valence-corrected chi connectivity index (χ3v) is 10.6. The minimum absolute atomic E-state index is 0.00518. The van der Waals surface area contributed by atoms with Crippen LogP contribution in [0.4, 0.5) is 8.78 Å². The SMILES string of the molecule is COc1cc2sc(CCC(C)(C)C(=O)O)cc2c(F)c1OCCCOc1c(OC)cc2sc(C(=O)[C@H]3CC[C@@H]3C(=O)O)cc2c1F. The molecule has 0 saturated heterocycles. The number of rotatable bonds is 15. The fraction of sp³-hybridized carbons (Fsp3) is 0.424. The lowest BCUT2D eigenvalue weighted by atomic mass is 9.71. The number of fused-ring (bicyclic) bond motifs is 2. The smallest absolute Gasteiger partial charge is 0.309 e. The van der Waals surface area contributed by atoms with E-state index in [0.717, 1.165) is 16.2 Å². The second-order valence-corrected chi connectivity index (χ2v) is 14.1. The third-order valence-electron chi connectivity index (χ3n) is 8.38. The zero-order chi connectivity index (χ0) is 33.3. The molecule has 46 heavy (non-hydrogen) atoms. The Balaban J connectivity index is 1.24.